The number of ketones is 1. The van der Waals surface area contributed by atoms with Crippen molar-refractivity contribution in [1.29, 1.82) is 0 Å². The normalized spacial score (nSPS) is 26.7. The molecule has 1 heterocycles. The quantitative estimate of drug-likeness (QED) is 0.0641. The number of carbonyl (C=O) groups excluding carboxylic acids is 11. The number of aliphatic hydroxyl groups excluding tert-OH is 2. The zero-order chi connectivity index (χ0) is 72.7. The first-order valence-corrected chi connectivity index (χ1v) is 34.9. The molecule has 26 heteroatoms. The number of Topliss-reactive ketones (excluding diaryl/α,β-unsaturated/α-hetero) is 1. The number of amides is 10. The lowest BCUT2D eigenvalue weighted by atomic mass is 9.91. The van der Waals surface area contributed by atoms with Gasteiger partial charge >= 0.3 is 0 Å². The number of aliphatic hydroxyl groups is 3. The van der Waals surface area contributed by atoms with Crippen molar-refractivity contribution in [3.8, 4) is 0 Å². The Morgan fingerprint density at radius 1 is 0.543 bits per heavy atom. The Bertz CT molecular complexity index is 2540. The van der Waals surface area contributed by atoms with Gasteiger partial charge in [-0.3, -0.25) is 57.6 Å². The van der Waals surface area contributed by atoms with Gasteiger partial charge in [0, 0.05) is 61.1 Å². The number of thioether (sulfide) groups is 1. The highest BCUT2D eigenvalue weighted by atomic mass is 32.2. The van der Waals surface area contributed by atoms with E-state index in [1.807, 2.05) is 41.5 Å². The fraction of sp³-hybridized carbons (Fsp3) is 0.809. The van der Waals surface area contributed by atoms with Gasteiger partial charge in [0.1, 0.15) is 60.4 Å². The van der Waals surface area contributed by atoms with Crippen LogP contribution in [0.3, 0.4) is 0 Å². The zero-order valence-corrected chi connectivity index (χ0v) is 62.2. The zero-order valence-electron chi connectivity index (χ0n) is 61.4. The largest absolute Gasteiger partial charge is 0.396 e. The van der Waals surface area contributed by atoms with Gasteiger partial charge in [0.2, 0.25) is 59.1 Å². The van der Waals surface area contributed by atoms with Crippen molar-refractivity contribution in [2.45, 2.75) is 247 Å². The van der Waals surface area contributed by atoms with E-state index in [1.165, 1.54) is 118 Å². The topological polar surface area (TPSA) is 319 Å². The molecule has 0 spiro atoms. The van der Waals surface area contributed by atoms with Gasteiger partial charge < -0.3 is 66.0 Å². The summed E-state index contributed by atoms with van der Waals surface area (Å²) in [5.74, 6) is -9.35. The fourth-order valence-electron chi connectivity index (χ4n) is 11.7. The molecule has 0 bridgehead atoms. The Kier molecular flexibility index (Phi) is 36.8. The molecule has 1 rings (SSSR count). The van der Waals surface area contributed by atoms with E-state index in [-0.39, 0.29) is 68.6 Å². The molecule has 25 nitrogen and oxygen atoms in total. The molecule has 1 aliphatic heterocycles. The molecule has 10 amide bonds. The molecule has 0 aromatic carbocycles. The number of hydrogen-bond acceptors (Lipinski definition) is 16. The average Bonchev–Trinajstić information content (AvgIpc) is 0.814. The fourth-order valence-corrected chi connectivity index (χ4v) is 12.9. The van der Waals surface area contributed by atoms with E-state index in [9.17, 15) is 48.9 Å². The second kappa shape index (κ2) is 40.1. The van der Waals surface area contributed by atoms with Crippen molar-refractivity contribution in [2.24, 2.45) is 35.5 Å². The molecule has 0 aromatic rings. The molecule has 0 saturated carbocycles. The Morgan fingerprint density at radius 3 is 1.49 bits per heavy atom. The second-order valence-corrected chi connectivity index (χ2v) is 29.8. The summed E-state index contributed by atoms with van der Waals surface area (Å²) in [6.45, 7) is 28.5. The van der Waals surface area contributed by atoms with E-state index in [2.05, 4.69) is 21.3 Å². The van der Waals surface area contributed by atoms with Crippen LogP contribution in [0.5, 0.6) is 0 Å². The number of likely N-dealkylation sites (N-methyl/N-ethyl adjacent to an activating group) is 7. The van der Waals surface area contributed by atoms with Crippen LogP contribution in [-0.4, -0.2) is 267 Å². The average molecular weight is 1350 g/mol. The Balaban J connectivity index is 4.50. The molecular formula is C68H123N11O14S. The van der Waals surface area contributed by atoms with Gasteiger partial charge in [-0.25, -0.2) is 0 Å². The number of unbranched alkanes of at least 4 members (excludes halogenated alkanes) is 1. The van der Waals surface area contributed by atoms with Gasteiger partial charge in [0.05, 0.1) is 24.3 Å². The van der Waals surface area contributed by atoms with Crippen molar-refractivity contribution in [1.82, 2.24) is 55.6 Å². The van der Waals surface area contributed by atoms with E-state index in [1.54, 1.807) is 60.6 Å². The molecule has 1 fully saturated rings. The SMILES string of the molecule is C/C=C/C[C@@H](C)[C@@H](O)[C@H]1C(=O)N[C@@H](CC)C(=O)N(C)[C@H](CSCCCCO)C(=O)CN(C)[C@@H](CC(C)(C)O)C(=O)N[C@@H](C(C)C)C(=O)N(C)[C@@H](CC(C)C)C(=O)N[C@@H](C)C(=O)N[C@H](C)C(=O)N(C)[C@@H](CC(C)C)C(=O)N(C)[C@@H](CC(C)C)C(=O)N(C)[C@@H](C(C)C)C(=O)N1C. The maximum absolute atomic E-state index is 15.3. The summed E-state index contributed by atoms with van der Waals surface area (Å²) in [5, 5.41) is 44.1. The van der Waals surface area contributed by atoms with Gasteiger partial charge in [-0.15, -0.1) is 0 Å². The van der Waals surface area contributed by atoms with E-state index in [0.29, 0.717) is 18.6 Å². The van der Waals surface area contributed by atoms with Crippen LogP contribution in [0.4, 0.5) is 0 Å². The lowest BCUT2D eigenvalue weighted by Crippen LogP contribution is -2.64. The predicted octanol–water partition coefficient (Wildman–Crippen LogP) is 3.30. The summed E-state index contributed by atoms with van der Waals surface area (Å²) in [7, 11) is 10.0. The number of hydrogen-bond donors (Lipinski definition) is 7. The Labute approximate surface area is 566 Å². The van der Waals surface area contributed by atoms with E-state index >= 15 is 19.2 Å². The Morgan fingerprint density at radius 2 is 1.01 bits per heavy atom. The monoisotopic (exact) mass is 1350 g/mol. The van der Waals surface area contributed by atoms with Gasteiger partial charge in [-0.05, 0) is 128 Å². The summed E-state index contributed by atoms with van der Waals surface area (Å²) in [6, 6.07) is -14.0. The summed E-state index contributed by atoms with van der Waals surface area (Å²) < 4.78 is 0. The molecule has 7 N–H and O–H groups in total. The number of carbonyl (C=O) groups is 11. The first kappa shape index (κ1) is 86.3. The van der Waals surface area contributed by atoms with Crippen molar-refractivity contribution in [3.63, 3.8) is 0 Å². The maximum atomic E-state index is 15.3. The third kappa shape index (κ3) is 25.7. The minimum absolute atomic E-state index is 0.0123. The highest BCUT2D eigenvalue weighted by Gasteiger charge is 2.46. The molecule has 540 valence electrons. The summed E-state index contributed by atoms with van der Waals surface area (Å²) in [4.78, 5) is 172. The number of allylic oxidation sites excluding steroid dienone is 2. The molecule has 0 aliphatic carbocycles. The van der Waals surface area contributed by atoms with E-state index in [0.717, 1.165) is 4.90 Å². The summed E-state index contributed by atoms with van der Waals surface area (Å²) >= 11 is 1.35. The van der Waals surface area contributed by atoms with Gasteiger partial charge in [-0.2, -0.15) is 11.8 Å². The minimum atomic E-state index is -1.65. The summed E-state index contributed by atoms with van der Waals surface area (Å²) in [6.07, 6.45) is 3.55. The molecule has 0 unspecified atom stereocenters. The van der Waals surface area contributed by atoms with Gasteiger partial charge in [-0.1, -0.05) is 95.2 Å². The van der Waals surface area contributed by atoms with Crippen molar-refractivity contribution >= 4 is 76.6 Å². The second-order valence-electron chi connectivity index (χ2n) is 28.6. The number of rotatable bonds is 21. The number of nitrogens with one attached hydrogen (secondary N) is 4. The van der Waals surface area contributed by atoms with Crippen LogP contribution in [0.1, 0.15) is 169 Å². The highest BCUT2D eigenvalue weighted by molar-refractivity contribution is 7.99. The van der Waals surface area contributed by atoms with Crippen LogP contribution in [-0.2, 0) is 52.7 Å². The lowest BCUT2D eigenvalue weighted by molar-refractivity contribution is -0.157. The van der Waals surface area contributed by atoms with Crippen molar-refractivity contribution in [3.05, 3.63) is 12.2 Å². The van der Waals surface area contributed by atoms with Gasteiger partial charge in [0.15, 0.2) is 5.78 Å². The van der Waals surface area contributed by atoms with E-state index < -0.39 is 167 Å². The first-order valence-electron chi connectivity index (χ1n) is 33.7. The van der Waals surface area contributed by atoms with Gasteiger partial charge in [0.25, 0.3) is 0 Å². The third-order valence-electron chi connectivity index (χ3n) is 17.6. The first-order chi connectivity index (χ1) is 43.4. The van der Waals surface area contributed by atoms with Crippen LogP contribution in [0.2, 0.25) is 0 Å². The van der Waals surface area contributed by atoms with Crippen LogP contribution >= 0.6 is 11.8 Å². The van der Waals surface area contributed by atoms with Crippen molar-refractivity contribution < 1.29 is 68.1 Å². The lowest BCUT2D eigenvalue weighted by Gasteiger charge is -2.41. The molecule has 1 aliphatic rings. The third-order valence-corrected chi connectivity index (χ3v) is 18.7. The van der Waals surface area contributed by atoms with Crippen LogP contribution in [0.15, 0.2) is 12.2 Å². The maximum Gasteiger partial charge on any atom is 0.246 e. The molecule has 1 saturated heterocycles. The highest BCUT2D eigenvalue weighted by Crippen LogP contribution is 2.26. The standard InChI is InChI=1S/C68H123N11O14S/c1-25-27-30-44(13)57(82)56-61(86)71-47(26-2)63(88)77(22)52(38-94-32-29-28-31-80)53(81)37-73(18)51(36-68(16,17)93)60(85)72-54(42(9)10)66(91)74(19)48(33-39(3)4)59(84)69-45(14)58(83)70-46(15)62(87)75(20)49(34-40(5)6)64(89)76(21)50(35-41(7)8)65(90)78(23)55(43(11)12)67(92)79(56)24/h25,27,39-52,54-57,80,82,93H,26,28-38H2,1-24H3,(H,69,84)(H,70,83)(H,71,86)(H,72,85)/b27-25+/t44-,45+,46-,47+,48+,49+,50+,51+,52-,54+,55+,56+,57-/m1/s1. The molecule has 13 atom stereocenters. The predicted molar refractivity (Wildman–Crippen MR) is 367 cm³/mol. The van der Waals surface area contributed by atoms with Crippen molar-refractivity contribution in [2.75, 3.05) is 74.0 Å². The molecule has 94 heavy (non-hydrogen) atoms. The van der Waals surface area contributed by atoms with Crippen LogP contribution in [0.25, 0.3) is 0 Å². The Hall–Kier alpha value is -5.70. The molecule has 0 radical (unpaired) electrons. The molecular weight excluding hydrogens is 1230 g/mol. The van der Waals surface area contributed by atoms with Crippen LogP contribution < -0.4 is 21.3 Å². The minimum Gasteiger partial charge on any atom is -0.396 e. The molecule has 0 aromatic heterocycles. The smallest absolute Gasteiger partial charge is 0.246 e. The van der Waals surface area contributed by atoms with E-state index in [4.69, 9.17) is 0 Å². The summed E-state index contributed by atoms with van der Waals surface area (Å²) in [5.41, 5.74) is -1.51. The van der Waals surface area contributed by atoms with Crippen LogP contribution in [0, 0.1) is 35.5 Å². The number of nitrogens with zero attached hydrogens (tertiary/aromatic N) is 7.